The molecule has 1 aliphatic heterocycles. The molecule has 138 valence electrons. The maximum atomic E-state index is 12.6. The van der Waals surface area contributed by atoms with Gasteiger partial charge in [-0.15, -0.1) is 0 Å². The first kappa shape index (κ1) is 18.0. The quantitative estimate of drug-likeness (QED) is 0.852. The van der Waals surface area contributed by atoms with Gasteiger partial charge in [-0.1, -0.05) is 12.1 Å². The Morgan fingerprint density at radius 2 is 2.04 bits per heavy atom. The Morgan fingerprint density at radius 1 is 1.31 bits per heavy atom. The summed E-state index contributed by atoms with van der Waals surface area (Å²) in [6.07, 6.45) is 2.08. The van der Waals surface area contributed by atoms with Crippen molar-refractivity contribution in [1.82, 2.24) is 15.1 Å². The van der Waals surface area contributed by atoms with Crippen molar-refractivity contribution in [3.63, 3.8) is 0 Å². The standard InChI is InChI=1S/C19H24N4O3/c1-12-9-13(3-4-17(12)26-2)10-18(24)23-7-5-14(6-8-23)15-11-16(19(20)25)22-21-15/h3-4,9,11,14H,5-8,10H2,1-2H3,(H2,20,25)(H,21,22). The van der Waals surface area contributed by atoms with Gasteiger partial charge in [0.2, 0.25) is 5.91 Å². The van der Waals surface area contributed by atoms with E-state index in [-0.39, 0.29) is 17.5 Å². The van der Waals surface area contributed by atoms with E-state index in [0.717, 1.165) is 35.4 Å². The number of methoxy groups -OCH3 is 1. The van der Waals surface area contributed by atoms with Crippen molar-refractivity contribution in [2.75, 3.05) is 20.2 Å². The maximum Gasteiger partial charge on any atom is 0.269 e. The van der Waals surface area contributed by atoms with Crippen LogP contribution >= 0.6 is 0 Å². The number of ether oxygens (including phenoxy) is 1. The van der Waals surface area contributed by atoms with Crippen molar-refractivity contribution < 1.29 is 14.3 Å². The summed E-state index contributed by atoms with van der Waals surface area (Å²) in [6.45, 7) is 3.37. The van der Waals surface area contributed by atoms with Crippen LogP contribution in [0.4, 0.5) is 0 Å². The Kier molecular flexibility index (Phi) is 5.25. The van der Waals surface area contributed by atoms with Gasteiger partial charge in [-0.2, -0.15) is 5.10 Å². The zero-order valence-corrected chi connectivity index (χ0v) is 15.1. The van der Waals surface area contributed by atoms with Crippen LogP contribution in [0.3, 0.4) is 0 Å². The summed E-state index contributed by atoms with van der Waals surface area (Å²) >= 11 is 0. The number of carbonyl (C=O) groups is 2. The largest absolute Gasteiger partial charge is 0.496 e. The lowest BCUT2D eigenvalue weighted by Crippen LogP contribution is -2.38. The van der Waals surface area contributed by atoms with E-state index in [0.29, 0.717) is 19.5 Å². The third kappa shape index (κ3) is 3.87. The van der Waals surface area contributed by atoms with E-state index >= 15 is 0 Å². The fraction of sp³-hybridized carbons (Fsp3) is 0.421. The normalized spacial score (nSPS) is 15.1. The number of primary amides is 1. The third-order valence-corrected chi connectivity index (χ3v) is 4.95. The lowest BCUT2D eigenvalue weighted by molar-refractivity contribution is -0.131. The predicted octanol–water partition coefficient (Wildman–Crippen LogP) is 1.77. The van der Waals surface area contributed by atoms with Crippen LogP contribution in [-0.4, -0.2) is 47.1 Å². The van der Waals surface area contributed by atoms with Crippen LogP contribution in [0.1, 0.15) is 46.1 Å². The van der Waals surface area contributed by atoms with Gasteiger partial charge in [-0.25, -0.2) is 0 Å². The van der Waals surface area contributed by atoms with Gasteiger partial charge in [-0.05, 0) is 43.0 Å². The average molecular weight is 356 g/mol. The lowest BCUT2D eigenvalue weighted by atomic mass is 9.93. The van der Waals surface area contributed by atoms with E-state index in [1.54, 1.807) is 13.2 Å². The van der Waals surface area contributed by atoms with Gasteiger partial charge in [0.1, 0.15) is 11.4 Å². The first-order valence-electron chi connectivity index (χ1n) is 8.74. The minimum absolute atomic E-state index is 0.135. The number of likely N-dealkylation sites (tertiary alicyclic amines) is 1. The molecule has 3 rings (SSSR count). The number of aryl methyl sites for hydroxylation is 1. The van der Waals surface area contributed by atoms with Gasteiger partial charge in [0.25, 0.3) is 5.91 Å². The molecule has 26 heavy (non-hydrogen) atoms. The van der Waals surface area contributed by atoms with Crippen molar-refractivity contribution in [3.05, 3.63) is 46.8 Å². The molecule has 0 bridgehead atoms. The van der Waals surface area contributed by atoms with Gasteiger partial charge in [0, 0.05) is 24.7 Å². The molecule has 2 amide bonds. The molecule has 0 saturated carbocycles. The molecule has 1 aliphatic rings. The molecular weight excluding hydrogens is 332 g/mol. The van der Waals surface area contributed by atoms with Crippen molar-refractivity contribution in [2.24, 2.45) is 5.73 Å². The summed E-state index contributed by atoms with van der Waals surface area (Å²) in [4.78, 5) is 25.6. The summed E-state index contributed by atoms with van der Waals surface area (Å²) in [5.74, 6) is 0.699. The molecular formula is C19H24N4O3. The van der Waals surface area contributed by atoms with Crippen LogP contribution in [0.25, 0.3) is 0 Å². The number of rotatable bonds is 5. The van der Waals surface area contributed by atoms with Gasteiger partial charge in [0.15, 0.2) is 0 Å². The molecule has 2 heterocycles. The van der Waals surface area contributed by atoms with Crippen LogP contribution in [0.2, 0.25) is 0 Å². The molecule has 1 saturated heterocycles. The van der Waals surface area contributed by atoms with Crippen LogP contribution in [0.5, 0.6) is 5.75 Å². The van der Waals surface area contributed by atoms with E-state index in [9.17, 15) is 9.59 Å². The minimum Gasteiger partial charge on any atom is -0.496 e. The van der Waals surface area contributed by atoms with Crippen LogP contribution in [-0.2, 0) is 11.2 Å². The van der Waals surface area contributed by atoms with E-state index < -0.39 is 5.91 Å². The fourth-order valence-electron chi connectivity index (χ4n) is 3.45. The molecule has 0 atom stereocenters. The average Bonchev–Trinajstić information content (AvgIpc) is 3.12. The second kappa shape index (κ2) is 7.59. The van der Waals surface area contributed by atoms with E-state index in [1.165, 1.54) is 0 Å². The molecule has 0 unspecified atom stereocenters. The number of benzene rings is 1. The van der Waals surface area contributed by atoms with Crippen LogP contribution in [0.15, 0.2) is 24.3 Å². The number of aromatic nitrogens is 2. The SMILES string of the molecule is COc1ccc(CC(=O)N2CCC(c3cc(C(N)=O)n[nH]3)CC2)cc1C. The number of nitrogens with two attached hydrogens (primary N) is 1. The number of H-pyrrole nitrogens is 1. The highest BCUT2D eigenvalue weighted by molar-refractivity contribution is 5.90. The Hall–Kier alpha value is -2.83. The summed E-state index contributed by atoms with van der Waals surface area (Å²) in [6, 6.07) is 7.55. The number of nitrogens with zero attached hydrogens (tertiary/aromatic N) is 2. The number of carbonyl (C=O) groups excluding carboxylic acids is 2. The summed E-state index contributed by atoms with van der Waals surface area (Å²) in [5.41, 5.74) is 8.43. The summed E-state index contributed by atoms with van der Waals surface area (Å²) in [5, 5.41) is 6.82. The summed E-state index contributed by atoms with van der Waals surface area (Å²) < 4.78 is 5.26. The van der Waals surface area contributed by atoms with Gasteiger partial charge in [0.05, 0.1) is 13.5 Å². The minimum atomic E-state index is -0.533. The van der Waals surface area contributed by atoms with E-state index in [1.807, 2.05) is 30.0 Å². The fourth-order valence-corrected chi connectivity index (χ4v) is 3.45. The molecule has 0 aliphatic carbocycles. The highest BCUT2D eigenvalue weighted by Crippen LogP contribution is 2.27. The summed E-state index contributed by atoms with van der Waals surface area (Å²) in [7, 11) is 1.64. The Labute approximate surface area is 152 Å². The number of piperidine rings is 1. The van der Waals surface area contributed by atoms with Gasteiger partial charge < -0.3 is 15.4 Å². The number of hydrogen-bond acceptors (Lipinski definition) is 4. The molecule has 0 radical (unpaired) electrons. The monoisotopic (exact) mass is 356 g/mol. The first-order valence-corrected chi connectivity index (χ1v) is 8.74. The molecule has 2 aromatic rings. The first-order chi connectivity index (χ1) is 12.5. The predicted molar refractivity (Wildman–Crippen MR) is 97.1 cm³/mol. The van der Waals surface area contributed by atoms with E-state index in [2.05, 4.69) is 10.2 Å². The van der Waals surface area contributed by atoms with Crippen molar-refractivity contribution in [2.45, 2.75) is 32.1 Å². The number of hydrogen-bond donors (Lipinski definition) is 2. The maximum absolute atomic E-state index is 12.6. The molecule has 3 N–H and O–H groups in total. The van der Waals surface area contributed by atoms with Gasteiger partial charge in [-0.3, -0.25) is 14.7 Å². The van der Waals surface area contributed by atoms with Crippen molar-refractivity contribution in [3.8, 4) is 5.75 Å². The van der Waals surface area contributed by atoms with Crippen LogP contribution < -0.4 is 10.5 Å². The molecule has 7 heteroatoms. The molecule has 7 nitrogen and oxygen atoms in total. The van der Waals surface area contributed by atoms with Crippen molar-refractivity contribution in [1.29, 1.82) is 0 Å². The van der Waals surface area contributed by atoms with Gasteiger partial charge >= 0.3 is 0 Å². The molecule has 1 aromatic carbocycles. The highest BCUT2D eigenvalue weighted by atomic mass is 16.5. The van der Waals surface area contributed by atoms with E-state index in [4.69, 9.17) is 10.5 Å². The number of nitrogens with one attached hydrogen (secondary N) is 1. The highest BCUT2D eigenvalue weighted by Gasteiger charge is 2.25. The Morgan fingerprint density at radius 3 is 2.62 bits per heavy atom. The Balaban J connectivity index is 1.56. The molecule has 0 spiro atoms. The topological polar surface area (TPSA) is 101 Å². The Bertz CT molecular complexity index is 807. The smallest absolute Gasteiger partial charge is 0.269 e. The zero-order valence-electron chi connectivity index (χ0n) is 15.1. The number of amides is 2. The second-order valence-corrected chi connectivity index (χ2v) is 6.71. The molecule has 1 aromatic heterocycles. The van der Waals surface area contributed by atoms with Crippen LogP contribution in [0, 0.1) is 6.92 Å². The van der Waals surface area contributed by atoms with Crippen molar-refractivity contribution >= 4 is 11.8 Å². The second-order valence-electron chi connectivity index (χ2n) is 6.71. The lowest BCUT2D eigenvalue weighted by Gasteiger charge is -2.31. The third-order valence-electron chi connectivity index (χ3n) is 4.95. The number of aromatic amines is 1. The zero-order chi connectivity index (χ0) is 18.7. The molecule has 1 fully saturated rings.